The fourth-order valence-electron chi connectivity index (χ4n) is 4.14. The number of hydrogen-bond acceptors (Lipinski definition) is 4. The van der Waals surface area contributed by atoms with E-state index in [1.54, 1.807) is 7.05 Å². The molecule has 1 aliphatic heterocycles. The molecule has 0 saturated carbocycles. The molecule has 0 N–H and O–H groups in total. The van der Waals surface area contributed by atoms with Gasteiger partial charge < -0.3 is 9.47 Å². The van der Waals surface area contributed by atoms with Gasteiger partial charge in [-0.05, 0) is 24.1 Å². The van der Waals surface area contributed by atoms with Gasteiger partial charge in [-0.1, -0.05) is 60.7 Å². The highest BCUT2D eigenvalue weighted by Gasteiger charge is 2.26. The zero-order valence-corrected chi connectivity index (χ0v) is 17.3. The molecule has 3 heterocycles. The Bertz CT molecular complexity index is 1380. The molecule has 7 nitrogen and oxygen atoms in total. The molecule has 2 aromatic heterocycles. The summed E-state index contributed by atoms with van der Waals surface area (Å²) in [4.78, 5) is 33.1. The van der Waals surface area contributed by atoms with E-state index in [4.69, 9.17) is 4.98 Å². The van der Waals surface area contributed by atoms with Crippen LogP contribution in [0.25, 0.3) is 17.2 Å². The standard InChI is InChI=1S/C24H23N5O2/c1-26-21-20(22(30)29(24(26)31)15-8-12-18-10-4-2-5-11-18)28-17-9-16-27(23(28)25-21)19-13-6-3-7-14-19/h2-8,10-14H,9,15-17H2,1H3/b12-8+. The molecule has 0 atom stereocenters. The summed E-state index contributed by atoms with van der Waals surface area (Å²) in [5.74, 6) is 0.706. The van der Waals surface area contributed by atoms with Gasteiger partial charge in [-0.3, -0.25) is 13.9 Å². The summed E-state index contributed by atoms with van der Waals surface area (Å²) in [6, 6.07) is 19.8. The Morgan fingerprint density at radius 1 is 0.968 bits per heavy atom. The zero-order chi connectivity index (χ0) is 21.4. The minimum absolute atomic E-state index is 0.208. The third-order valence-corrected chi connectivity index (χ3v) is 5.68. The lowest BCUT2D eigenvalue weighted by atomic mass is 10.2. The zero-order valence-electron chi connectivity index (χ0n) is 17.3. The number of rotatable bonds is 4. The van der Waals surface area contributed by atoms with Crippen LogP contribution < -0.4 is 16.1 Å². The van der Waals surface area contributed by atoms with Crippen molar-refractivity contribution in [2.75, 3.05) is 11.4 Å². The number of fused-ring (bicyclic) bond motifs is 3. The smallest absolute Gasteiger partial charge is 0.312 e. The SMILES string of the molecule is Cn1c(=O)n(C/C=C/c2ccccc2)c(=O)c2c1nc1n2CCCN1c1ccccc1. The largest absolute Gasteiger partial charge is 0.332 e. The molecule has 5 rings (SSSR count). The van der Waals surface area contributed by atoms with Crippen LogP contribution >= 0.6 is 0 Å². The molecule has 0 saturated heterocycles. The highest BCUT2D eigenvalue weighted by atomic mass is 16.2. The molecule has 0 fully saturated rings. The molecule has 4 aromatic rings. The van der Waals surface area contributed by atoms with E-state index in [1.165, 1.54) is 9.13 Å². The second-order valence-electron chi connectivity index (χ2n) is 7.65. The van der Waals surface area contributed by atoms with Crippen LogP contribution in [0.1, 0.15) is 12.0 Å². The average Bonchev–Trinajstić information content (AvgIpc) is 3.21. The van der Waals surface area contributed by atoms with Gasteiger partial charge in [0.1, 0.15) is 0 Å². The average molecular weight is 413 g/mol. The number of aromatic nitrogens is 4. The van der Waals surface area contributed by atoms with Gasteiger partial charge in [0.15, 0.2) is 11.2 Å². The van der Waals surface area contributed by atoms with E-state index >= 15 is 0 Å². The topological polar surface area (TPSA) is 65.1 Å². The Labute approximate surface area is 179 Å². The van der Waals surface area contributed by atoms with Crippen molar-refractivity contribution < 1.29 is 0 Å². The van der Waals surface area contributed by atoms with Crippen molar-refractivity contribution in [3.63, 3.8) is 0 Å². The molecule has 0 spiro atoms. The first kappa shape index (κ1) is 19.1. The maximum atomic E-state index is 13.4. The second-order valence-corrected chi connectivity index (χ2v) is 7.65. The maximum absolute atomic E-state index is 13.4. The number of benzene rings is 2. The van der Waals surface area contributed by atoms with E-state index in [9.17, 15) is 9.59 Å². The lowest BCUT2D eigenvalue weighted by molar-refractivity contribution is 0.598. The highest BCUT2D eigenvalue weighted by Crippen LogP contribution is 2.30. The van der Waals surface area contributed by atoms with Gasteiger partial charge in [0, 0.05) is 32.4 Å². The Morgan fingerprint density at radius 2 is 1.68 bits per heavy atom. The third kappa shape index (κ3) is 3.28. The van der Waals surface area contributed by atoms with Gasteiger partial charge in [-0.25, -0.2) is 4.79 Å². The molecule has 1 aliphatic rings. The first-order valence-corrected chi connectivity index (χ1v) is 10.4. The van der Waals surface area contributed by atoms with Crippen molar-refractivity contribution in [3.8, 4) is 0 Å². The van der Waals surface area contributed by atoms with Crippen molar-refractivity contribution in [2.45, 2.75) is 19.5 Å². The van der Waals surface area contributed by atoms with Crippen LogP contribution in [0.4, 0.5) is 11.6 Å². The van der Waals surface area contributed by atoms with Crippen LogP contribution in [-0.4, -0.2) is 25.2 Å². The van der Waals surface area contributed by atoms with E-state index in [1.807, 2.05) is 77.4 Å². The van der Waals surface area contributed by atoms with E-state index in [-0.39, 0.29) is 17.8 Å². The van der Waals surface area contributed by atoms with Crippen LogP contribution in [0.2, 0.25) is 0 Å². The predicted octanol–water partition coefficient (Wildman–Crippen LogP) is 3.15. The molecule has 7 heteroatoms. The Kier molecular flexibility index (Phi) is 4.78. The van der Waals surface area contributed by atoms with Gasteiger partial charge >= 0.3 is 5.69 Å². The lowest BCUT2D eigenvalue weighted by Crippen LogP contribution is -2.39. The van der Waals surface area contributed by atoms with Crippen LogP contribution in [0, 0.1) is 0 Å². The van der Waals surface area contributed by atoms with Crippen LogP contribution in [0.15, 0.2) is 76.3 Å². The minimum atomic E-state index is -0.364. The molecule has 2 aromatic carbocycles. The predicted molar refractivity (Wildman–Crippen MR) is 123 cm³/mol. The fraction of sp³-hybridized carbons (Fsp3) is 0.208. The van der Waals surface area contributed by atoms with E-state index in [0.29, 0.717) is 23.7 Å². The van der Waals surface area contributed by atoms with Gasteiger partial charge in [0.25, 0.3) is 5.56 Å². The summed E-state index contributed by atoms with van der Waals surface area (Å²) in [6.07, 6.45) is 4.65. The van der Waals surface area contributed by atoms with Crippen LogP contribution in [-0.2, 0) is 20.1 Å². The van der Waals surface area contributed by atoms with E-state index < -0.39 is 0 Å². The molecule has 156 valence electrons. The fourth-order valence-corrected chi connectivity index (χ4v) is 4.14. The van der Waals surface area contributed by atoms with E-state index in [2.05, 4.69) is 4.90 Å². The number of nitrogens with zero attached hydrogens (tertiary/aromatic N) is 5. The molecule has 0 unspecified atom stereocenters. The molecular weight excluding hydrogens is 390 g/mol. The minimum Gasteiger partial charge on any atom is -0.312 e. The van der Waals surface area contributed by atoms with Crippen LogP contribution in [0.3, 0.4) is 0 Å². The van der Waals surface area contributed by atoms with Crippen molar-refractivity contribution in [3.05, 3.63) is 93.1 Å². The first-order chi connectivity index (χ1) is 15.1. The van der Waals surface area contributed by atoms with Crippen LogP contribution in [0.5, 0.6) is 0 Å². The summed E-state index contributed by atoms with van der Waals surface area (Å²) in [5, 5.41) is 0. The number of aryl methyl sites for hydroxylation is 2. The first-order valence-electron chi connectivity index (χ1n) is 10.4. The normalized spacial score (nSPS) is 13.8. The lowest BCUT2D eigenvalue weighted by Gasteiger charge is -2.28. The van der Waals surface area contributed by atoms with E-state index in [0.717, 1.165) is 24.2 Å². The maximum Gasteiger partial charge on any atom is 0.332 e. The van der Waals surface area contributed by atoms with Crippen molar-refractivity contribution in [2.24, 2.45) is 7.05 Å². The highest BCUT2D eigenvalue weighted by molar-refractivity contribution is 5.77. The van der Waals surface area contributed by atoms with Gasteiger partial charge in [-0.2, -0.15) is 4.98 Å². The number of allylic oxidation sites excluding steroid dienone is 1. The van der Waals surface area contributed by atoms with Gasteiger partial charge in [0.2, 0.25) is 5.95 Å². The second kappa shape index (κ2) is 7.75. The van der Waals surface area contributed by atoms with Crippen molar-refractivity contribution >= 4 is 28.9 Å². The molecule has 0 radical (unpaired) electrons. The number of hydrogen-bond donors (Lipinski definition) is 0. The Balaban J connectivity index is 1.61. The summed E-state index contributed by atoms with van der Waals surface area (Å²) in [5.41, 5.74) is 2.28. The monoisotopic (exact) mass is 413 g/mol. The number of anilines is 2. The summed E-state index contributed by atoms with van der Waals surface area (Å²) >= 11 is 0. The summed E-state index contributed by atoms with van der Waals surface area (Å²) in [7, 11) is 1.67. The molecule has 0 bridgehead atoms. The molecule has 0 aliphatic carbocycles. The summed E-state index contributed by atoms with van der Waals surface area (Å²) in [6.45, 7) is 1.72. The quantitative estimate of drug-likeness (QED) is 0.516. The molecular formula is C24H23N5O2. The Hall–Kier alpha value is -3.87. The van der Waals surface area contributed by atoms with Gasteiger partial charge in [-0.15, -0.1) is 0 Å². The summed E-state index contributed by atoms with van der Waals surface area (Å²) < 4.78 is 4.70. The Morgan fingerprint density at radius 3 is 2.42 bits per heavy atom. The molecule has 31 heavy (non-hydrogen) atoms. The van der Waals surface area contributed by atoms with Crippen molar-refractivity contribution in [1.82, 2.24) is 18.7 Å². The third-order valence-electron chi connectivity index (χ3n) is 5.68. The van der Waals surface area contributed by atoms with Crippen molar-refractivity contribution in [1.29, 1.82) is 0 Å². The number of imidazole rings is 1. The van der Waals surface area contributed by atoms with Gasteiger partial charge in [0.05, 0.1) is 0 Å². The number of para-hydroxylation sites is 1. The molecule has 0 amide bonds.